The van der Waals surface area contributed by atoms with Crippen LogP contribution in [0.25, 0.3) is 17.1 Å². The lowest BCUT2D eigenvalue weighted by Gasteiger charge is -2.00. The van der Waals surface area contributed by atoms with Crippen LogP contribution in [0.15, 0.2) is 71.6 Å². The van der Waals surface area contributed by atoms with Crippen molar-refractivity contribution in [1.82, 2.24) is 25.0 Å². The van der Waals surface area contributed by atoms with Gasteiger partial charge in [-0.3, -0.25) is 4.79 Å². The summed E-state index contributed by atoms with van der Waals surface area (Å²) in [7, 11) is 0. The number of imidazole rings is 1. The van der Waals surface area contributed by atoms with Crippen molar-refractivity contribution in [2.75, 3.05) is 0 Å². The summed E-state index contributed by atoms with van der Waals surface area (Å²) in [4.78, 5) is 20.7. The van der Waals surface area contributed by atoms with Crippen molar-refractivity contribution in [1.29, 1.82) is 0 Å². The third-order valence-corrected chi connectivity index (χ3v) is 4.09. The summed E-state index contributed by atoms with van der Waals surface area (Å²) >= 11 is 5.87. The Hall–Kier alpha value is -3.45. The molecule has 0 aliphatic heterocycles. The van der Waals surface area contributed by atoms with Crippen LogP contribution in [-0.4, -0.2) is 25.6 Å². The van der Waals surface area contributed by atoms with Crippen molar-refractivity contribution in [3.63, 3.8) is 0 Å². The van der Waals surface area contributed by atoms with Gasteiger partial charge in [0.2, 0.25) is 11.7 Å². The molecular weight excluding hydrogens is 366 g/mol. The van der Waals surface area contributed by atoms with E-state index in [1.54, 1.807) is 41.4 Å². The van der Waals surface area contributed by atoms with Crippen LogP contribution in [0.1, 0.15) is 16.4 Å². The van der Waals surface area contributed by atoms with Gasteiger partial charge >= 0.3 is 0 Å². The van der Waals surface area contributed by atoms with Gasteiger partial charge in [-0.25, -0.2) is 4.98 Å². The lowest BCUT2D eigenvalue weighted by molar-refractivity contribution is 0.0941. The highest BCUT2D eigenvalue weighted by Gasteiger charge is 2.13. The second-order valence-corrected chi connectivity index (χ2v) is 6.14. The van der Waals surface area contributed by atoms with E-state index in [1.807, 2.05) is 30.3 Å². The molecule has 0 saturated heterocycles. The monoisotopic (exact) mass is 379 g/mol. The number of carbonyl (C=O) groups is 1. The lowest BCUT2D eigenvalue weighted by Crippen LogP contribution is -2.23. The maximum Gasteiger partial charge on any atom is 0.271 e. The molecule has 2 heterocycles. The van der Waals surface area contributed by atoms with Gasteiger partial charge in [0.15, 0.2) is 0 Å². The maximum atomic E-state index is 12.3. The molecule has 0 saturated carbocycles. The molecule has 134 valence electrons. The van der Waals surface area contributed by atoms with Gasteiger partial charge in [0.25, 0.3) is 5.91 Å². The standard InChI is InChI=1S/C19H14ClN5O2/c20-14-8-6-13(7-9-14)18-23-17(27-24-18)10-21-19(26)16-11-25(12-22-16)15-4-2-1-3-5-15/h1-9,11-12H,10H2,(H,21,26). The van der Waals surface area contributed by atoms with Crippen molar-refractivity contribution in [3.8, 4) is 17.1 Å². The Kier molecular flexibility index (Phi) is 4.67. The zero-order valence-electron chi connectivity index (χ0n) is 14.0. The number of nitrogens with zero attached hydrogens (tertiary/aromatic N) is 4. The van der Waals surface area contributed by atoms with Crippen molar-refractivity contribution in [3.05, 3.63) is 83.7 Å². The molecule has 2 aromatic heterocycles. The first-order valence-electron chi connectivity index (χ1n) is 8.15. The fourth-order valence-electron chi connectivity index (χ4n) is 2.47. The molecule has 8 heteroatoms. The summed E-state index contributed by atoms with van der Waals surface area (Å²) < 4.78 is 6.95. The van der Waals surface area contributed by atoms with Gasteiger partial charge in [-0.1, -0.05) is 35.0 Å². The molecule has 1 N–H and O–H groups in total. The highest BCUT2D eigenvalue weighted by molar-refractivity contribution is 6.30. The fourth-order valence-corrected chi connectivity index (χ4v) is 2.60. The number of nitrogens with one attached hydrogen (secondary N) is 1. The molecule has 0 aliphatic carbocycles. The normalized spacial score (nSPS) is 10.7. The van der Waals surface area contributed by atoms with Gasteiger partial charge in [-0.2, -0.15) is 4.98 Å². The largest absolute Gasteiger partial charge is 0.342 e. The second kappa shape index (κ2) is 7.43. The quantitative estimate of drug-likeness (QED) is 0.573. The lowest BCUT2D eigenvalue weighted by atomic mass is 10.2. The SMILES string of the molecule is O=C(NCc1nc(-c2ccc(Cl)cc2)no1)c1cn(-c2ccccc2)cn1. The van der Waals surface area contributed by atoms with Gasteiger partial charge in [-0.15, -0.1) is 0 Å². The van der Waals surface area contributed by atoms with E-state index >= 15 is 0 Å². The van der Waals surface area contributed by atoms with Crippen LogP contribution in [-0.2, 0) is 6.54 Å². The number of hydrogen-bond donors (Lipinski definition) is 1. The van der Waals surface area contributed by atoms with E-state index in [4.69, 9.17) is 16.1 Å². The molecule has 0 unspecified atom stereocenters. The average molecular weight is 380 g/mol. The predicted molar refractivity (Wildman–Crippen MR) is 99.5 cm³/mol. The van der Waals surface area contributed by atoms with Crippen molar-refractivity contribution < 1.29 is 9.32 Å². The number of para-hydroxylation sites is 1. The number of hydrogen-bond acceptors (Lipinski definition) is 5. The molecule has 4 rings (SSSR count). The smallest absolute Gasteiger partial charge is 0.271 e. The van der Waals surface area contributed by atoms with Crippen LogP contribution in [0, 0.1) is 0 Å². The number of aromatic nitrogens is 4. The Morgan fingerprint density at radius 2 is 1.89 bits per heavy atom. The molecule has 27 heavy (non-hydrogen) atoms. The van der Waals surface area contributed by atoms with E-state index in [0.717, 1.165) is 11.3 Å². The Balaban J connectivity index is 1.40. The molecule has 2 aromatic carbocycles. The highest BCUT2D eigenvalue weighted by Crippen LogP contribution is 2.18. The first-order chi connectivity index (χ1) is 13.2. The zero-order valence-corrected chi connectivity index (χ0v) is 14.8. The minimum absolute atomic E-state index is 0.109. The summed E-state index contributed by atoms with van der Waals surface area (Å²) in [5, 5.41) is 7.26. The topological polar surface area (TPSA) is 85.8 Å². The first kappa shape index (κ1) is 17.0. The number of benzene rings is 2. The van der Waals surface area contributed by atoms with Crippen LogP contribution >= 0.6 is 11.6 Å². The predicted octanol–water partition coefficient (Wildman–Crippen LogP) is 3.51. The number of halogens is 1. The molecule has 0 bridgehead atoms. The second-order valence-electron chi connectivity index (χ2n) is 5.70. The van der Waals surface area contributed by atoms with Crippen molar-refractivity contribution in [2.24, 2.45) is 0 Å². The molecule has 4 aromatic rings. The molecule has 1 amide bonds. The molecule has 0 fully saturated rings. The van der Waals surface area contributed by atoms with E-state index in [0.29, 0.717) is 22.4 Å². The van der Waals surface area contributed by atoms with Gasteiger partial charge in [0.1, 0.15) is 12.0 Å². The van der Waals surface area contributed by atoms with Crippen LogP contribution in [0.4, 0.5) is 0 Å². The zero-order chi connectivity index (χ0) is 18.6. The summed E-state index contributed by atoms with van der Waals surface area (Å²) in [6.07, 6.45) is 3.26. The molecule has 7 nitrogen and oxygen atoms in total. The van der Waals surface area contributed by atoms with Gasteiger partial charge in [-0.05, 0) is 36.4 Å². The minimum Gasteiger partial charge on any atom is -0.342 e. The van der Waals surface area contributed by atoms with Crippen LogP contribution in [0.5, 0.6) is 0 Å². The molecule has 0 spiro atoms. The van der Waals surface area contributed by atoms with Gasteiger partial charge < -0.3 is 14.4 Å². The van der Waals surface area contributed by atoms with Crippen LogP contribution in [0.3, 0.4) is 0 Å². The van der Waals surface area contributed by atoms with Crippen molar-refractivity contribution in [2.45, 2.75) is 6.54 Å². The average Bonchev–Trinajstić information content (AvgIpc) is 3.37. The summed E-state index contributed by atoms with van der Waals surface area (Å²) in [6.45, 7) is 0.109. The van der Waals surface area contributed by atoms with E-state index in [2.05, 4.69) is 20.4 Å². The van der Waals surface area contributed by atoms with Crippen LogP contribution in [0.2, 0.25) is 5.02 Å². The Morgan fingerprint density at radius 3 is 2.67 bits per heavy atom. The first-order valence-corrected chi connectivity index (χ1v) is 8.53. The van der Waals surface area contributed by atoms with Crippen molar-refractivity contribution >= 4 is 17.5 Å². The highest BCUT2D eigenvalue weighted by atomic mass is 35.5. The number of carbonyl (C=O) groups excluding carboxylic acids is 1. The summed E-state index contributed by atoms with van der Waals surface area (Å²) in [5.74, 6) is 0.413. The molecule has 0 radical (unpaired) electrons. The Morgan fingerprint density at radius 1 is 1.11 bits per heavy atom. The number of amides is 1. The third-order valence-electron chi connectivity index (χ3n) is 3.84. The Labute approximate surface area is 159 Å². The fraction of sp³-hybridized carbons (Fsp3) is 0.0526. The molecule has 0 aliphatic rings. The van der Waals surface area contributed by atoms with E-state index < -0.39 is 0 Å². The van der Waals surface area contributed by atoms with Gasteiger partial charge in [0.05, 0.1) is 6.54 Å². The van der Waals surface area contributed by atoms with Gasteiger partial charge in [0, 0.05) is 22.5 Å². The number of rotatable bonds is 5. The maximum absolute atomic E-state index is 12.3. The van der Waals surface area contributed by atoms with E-state index in [9.17, 15) is 4.79 Å². The minimum atomic E-state index is -0.323. The van der Waals surface area contributed by atoms with Crippen LogP contribution < -0.4 is 5.32 Å². The van der Waals surface area contributed by atoms with E-state index in [1.165, 1.54) is 0 Å². The van der Waals surface area contributed by atoms with E-state index in [-0.39, 0.29) is 12.5 Å². The third kappa shape index (κ3) is 3.88. The molecule has 0 atom stereocenters. The molecular formula is C19H14ClN5O2. The Bertz CT molecular complexity index is 1060. The summed E-state index contributed by atoms with van der Waals surface area (Å²) in [5.41, 5.74) is 2.01. The summed E-state index contributed by atoms with van der Waals surface area (Å²) in [6, 6.07) is 16.7.